The van der Waals surface area contributed by atoms with Crippen molar-refractivity contribution in [2.45, 2.75) is 27.2 Å². The molecule has 106 valence electrons. The molecule has 0 bridgehead atoms. The first-order valence-electron chi connectivity index (χ1n) is 6.35. The minimum absolute atomic E-state index is 0.0161. The van der Waals surface area contributed by atoms with Crippen LogP contribution in [0.3, 0.4) is 0 Å². The van der Waals surface area contributed by atoms with E-state index in [0.717, 1.165) is 11.3 Å². The number of amides is 1. The molecule has 0 fully saturated rings. The van der Waals surface area contributed by atoms with E-state index in [2.05, 4.69) is 10.3 Å². The molecule has 0 spiro atoms. The lowest BCUT2D eigenvalue weighted by molar-refractivity contribution is -0.117. The van der Waals surface area contributed by atoms with Gasteiger partial charge >= 0.3 is 0 Å². The summed E-state index contributed by atoms with van der Waals surface area (Å²) in [6.45, 7) is 6.09. The Hall–Kier alpha value is -1.39. The van der Waals surface area contributed by atoms with Crippen molar-refractivity contribution in [2.24, 2.45) is 5.41 Å². The van der Waals surface area contributed by atoms with Gasteiger partial charge in [-0.25, -0.2) is 4.98 Å². The zero-order chi connectivity index (χ0) is 14.8. The van der Waals surface area contributed by atoms with Crippen LogP contribution in [0, 0.1) is 5.41 Å². The van der Waals surface area contributed by atoms with Crippen molar-refractivity contribution < 1.29 is 4.79 Å². The number of anilines is 1. The summed E-state index contributed by atoms with van der Waals surface area (Å²) in [7, 11) is 0. The van der Waals surface area contributed by atoms with Crippen LogP contribution < -0.4 is 5.32 Å². The lowest BCUT2D eigenvalue weighted by Gasteiger charge is -2.16. The summed E-state index contributed by atoms with van der Waals surface area (Å²) in [5.74, 6) is -0.0161. The smallest absolute Gasteiger partial charge is 0.226 e. The maximum absolute atomic E-state index is 11.9. The molecule has 20 heavy (non-hydrogen) atoms. The number of thiazole rings is 1. The van der Waals surface area contributed by atoms with Gasteiger partial charge in [-0.3, -0.25) is 4.79 Å². The highest BCUT2D eigenvalue weighted by Gasteiger charge is 2.17. The number of carbonyl (C=O) groups is 1. The molecule has 1 aromatic carbocycles. The molecule has 0 saturated heterocycles. The van der Waals surface area contributed by atoms with Gasteiger partial charge in [-0.2, -0.15) is 0 Å². The molecule has 3 nitrogen and oxygen atoms in total. The average molecular weight is 309 g/mol. The van der Waals surface area contributed by atoms with Gasteiger partial charge in [0.15, 0.2) is 5.13 Å². The minimum atomic E-state index is -0.0348. The molecule has 2 rings (SSSR count). The molecule has 0 unspecified atom stereocenters. The van der Waals surface area contributed by atoms with E-state index in [-0.39, 0.29) is 11.3 Å². The summed E-state index contributed by atoms with van der Waals surface area (Å²) >= 11 is 7.54. The number of nitrogens with one attached hydrogen (secondary N) is 1. The predicted molar refractivity (Wildman–Crippen MR) is 85.3 cm³/mol. The minimum Gasteiger partial charge on any atom is -0.302 e. The van der Waals surface area contributed by atoms with E-state index in [1.54, 1.807) is 0 Å². The maximum atomic E-state index is 11.9. The molecule has 1 heterocycles. The first-order chi connectivity index (χ1) is 9.35. The van der Waals surface area contributed by atoms with E-state index < -0.39 is 0 Å². The summed E-state index contributed by atoms with van der Waals surface area (Å²) in [6.07, 6.45) is 0.466. The summed E-state index contributed by atoms with van der Waals surface area (Å²) < 4.78 is 0. The van der Waals surface area contributed by atoms with Gasteiger partial charge < -0.3 is 5.32 Å². The summed E-state index contributed by atoms with van der Waals surface area (Å²) in [6, 6.07) is 7.54. The highest BCUT2D eigenvalue weighted by Crippen LogP contribution is 2.30. The standard InChI is InChI=1S/C15H17ClN2OS/c1-15(2,3)8-13(19)18-14-17-12(9-20-14)10-6-4-5-7-11(10)16/h4-7,9H,8H2,1-3H3,(H,17,18,19). The predicted octanol–water partition coefficient (Wildman–Crippen LogP) is 4.84. The Morgan fingerprint density at radius 1 is 1.35 bits per heavy atom. The molecule has 1 amide bonds. The zero-order valence-corrected chi connectivity index (χ0v) is 13.3. The van der Waals surface area contributed by atoms with Gasteiger partial charge in [0.05, 0.1) is 5.69 Å². The van der Waals surface area contributed by atoms with Crippen LogP contribution in [0.5, 0.6) is 0 Å². The fraction of sp³-hybridized carbons (Fsp3) is 0.333. The van der Waals surface area contributed by atoms with Crippen LogP contribution in [0.2, 0.25) is 5.02 Å². The molecule has 5 heteroatoms. The van der Waals surface area contributed by atoms with Gasteiger partial charge in [0.2, 0.25) is 5.91 Å². The lowest BCUT2D eigenvalue weighted by atomic mass is 9.92. The molecule has 1 N–H and O–H groups in total. The van der Waals surface area contributed by atoms with Gasteiger partial charge in [0.1, 0.15) is 0 Å². The fourth-order valence-corrected chi connectivity index (χ4v) is 2.73. The third kappa shape index (κ3) is 4.05. The molecule has 0 aliphatic heterocycles. The Bertz CT molecular complexity index is 616. The summed E-state index contributed by atoms with van der Waals surface area (Å²) in [5, 5.41) is 5.99. The Morgan fingerprint density at radius 2 is 2.05 bits per heavy atom. The zero-order valence-electron chi connectivity index (χ0n) is 11.7. The van der Waals surface area contributed by atoms with Crippen molar-refractivity contribution in [3.05, 3.63) is 34.7 Å². The van der Waals surface area contributed by atoms with Gasteiger partial charge in [-0.15, -0.1) is 11.3 Å². The number of aromatic nitrogens is 1. The van der Waals surface area contributed by atoms with Gasteiger partial charge in [-0.1, -0.05) is 50.6 Å². The summed E-state index contributed by atoms with van der Waals surface area (Å²) in [5.41, 5.74) is 1.63. The highest BCUT2D eigenvalue weighted by molar-refractivity contribution is 7.14. The van der Waals surface area contributed by atoms with E-state index in [1.807, 2.05) is 50.4 Å². The molecular formula is C15H17ClN2OS. The van der Waals surface area contributed by atoms with Crippen molar-refractivity contribution in [3.8, 4) is 11.3 Å². The number of nitrogens with zero attached hydrogens (tertiary/aromatic N) is 1. The number of benzene rings is 1. The molecule has 2 aromatic rings. The Labute approximate surface area is 128 Å². The van der Waals surface area contributed by atoms with E-state index in [1.165, 1.54) is 11.3 Å². The SMILES string of the molecule is CC(C)(C)CC(=O)Nc1nc(-c2ccccc2Cl)cs1. The Kier molecular flexibility index (Phi) is 4.45. The van der Waals surface area contributed by atoms with E-state index in [9.17, 15) is 4.79 Å². The number of hydrogen-bond donors (Lipinski definition) is 1. The van der Waals surface area contributed by atoms with Crippen LogP contribution in [-0.4, -0.2) is 10.9 Å². The second-order valence-electron chi connectivity index (χ2n) is 5.80. The van der Waals surface area contributed by atoms with Gasteiger partial charge in [0, 0.05) is 22.4 Å². The number of halogens is 1. The first-order valence-corrected chi connectivity index (χ1v) is 7.61. The topological polar surface area (TPSA) is 42.0 Å². The van der Waals surface area contributed by atoms with E-state index in [0.29, 0.717) is 16.6 Å². The first kappa shape index (κ1) is 15.0. The maximum Gasteiger partial charge on any atom is 0.226 e. The molecule has 0 aliphatic carbocycles. The van der Waals surface area contributed by atoms with Crippen LogP contribution in [0.1, 0.15) is 27.2 Å². The summed E-state index contributed by atoms with van der Waals surface area (Å²) in [4.78, 5) is 16.3. The van der Waals surface area contributed by atoms with Crippen LogP contribution in [0.15, 0.2) is 29.6 Å². The molecule has 0 saturated carbocycles. The number of carbonyl (C=O) groups excluding carboxylic acids is 1. The van der Waals surface area contributed by atoms with E-state index in [4.69, 9.17) is 11.6 Å². The van der Waals surface area contributed by atoms with Gasteiger partial charge in [0.25, 0.3) is 0 Å². The molecule has 0 atom stereocenters. The van der Waals surface area contributed by atoms with Crippen LogP contribution >= 0.6 is 22.9 Å². The third-order valence-corrected chi connectivity index (χ3v) is 3.68. The van der Waals surface area contributed by atoms with Crippen LogP contribution in [0.25, 0.3) is 11.3 Å². The normalized spacial score (nSPS) is 11.4. The van der Waals surface area contributed by atoms with Crippen LogP contribution in [-0.2, 0) is 4.79 Å². The van der Waals surface area contributed by atoms with Crippen molar-refractivity contribution >= 4 is 34.0 Å². The van der Waals surface area contributed by atoms with Crippen molar-refractivity contribution in [3.63, 3.8) is 0 Å². The van der Waals surface area contributed by atoms with Crippen LogP contribution in [0.4, 0.5) is 5.13 Å². The third-order valence-electron chi connectivity index (χ3n) is 2.59. The quantitative estimate of drug-likeness (QED) is 0.881. The second kappa shape index (κ2) is 5.94. The average Bonchev–Trinajstić information content (AvgIpc) is 2.75. The molecule has 0 radical (unpaired) electrons. The fourth-order valence-electron chi connectivity index (χ4n) is 1.77. The Morgan fingerprint density at radius 3 is 2.70 bits per heavy atom. The number of hydrogen-bond acceptors (Lipinski definition) is 3. The van der Waals surface area contributed by atoms with Crippen molar-refractivity contribution in [2.75, 3.05) is 5.32 Å². The molecular weight excluding hydrogens is 292 g/mol. The molecule has 0 aliphatic rings. The second-order valence-corrected chi connectivity index (χ2v) is 7.07. The largest absolute Gasteiger partial charge is 0.302 e. The molecule has 1 aromatic heterocycles. The van der Waals surface area contributed by atoms with E-state index >= 15 is 0 Å². The monoisotopic (exact) mass is 308 g/mol. The van der Waals surface area contributed by atoms with Crippen molar-refractivity contribution in [1.29, 1.82) is 0 Å². The highest BCUT2D eigenvalue weighted by atomic mass is 35.5. The van der Waals surface area contributed by atoms with Gasteiger partial charge in [-0.05, 0) is 11.5 Å². The van der Waals surface area contributed by atoms with Crippen molar-refractivity contribution in [1.82, 2.24) is 4.98 Å². The lowest BCUT2D eigenvalue weighted by Crippen LogP contribution is -2.19. The number of rotatable bonds is 3. The Balaban J connectivity index is 2.10.